The smallest absolute Gasteiger partial charge is 0.328 e. The Hall–Kier alpha value is -3.42. The molecule has 0 aliphatic rings. The number of fused-ring (bicyclic) bond motifs is 1. The van der Waals surface area contributed by atoms with E-state index in [2.05, 4.69) is 10.6 Å². The lowest BCUT2D eigenvalue weighted by atomic mass is 10.1. The number of imidazole rings is 1. The first-order chi connectivity index (χ1) is 12.8. The first kappa shape index (κ1) is 18.4. The summed E-state index contributed by atoms with van der Waals surface area (Å²) in [5.41, 5.74) is 3.49. The number of aromatic nitrogens is 2. The molecule has 0 bridgehead atoms. The predicted molar refractivity (Wildman–Crippen MR) is 105 cm³/mol. The van der Waals surface area contributed by atoms with Gasteiger partial charge in [-0.1, -0.05) is 0 Å². The van der Waals surface area contributed by atoms with Gasteiger partial charge < -0.3 is 20.1 Å². The number of aryl methyl sites for hydroxylation is 3. The van der Waals surface area contributed by atoms with Crippen LogP contribution in [-0.4, -0.2) is 29.4 Å². The molecule has 0 saturated heterocycles. The molecule has 1 aromatic heterocycles. The molecule has 3 rings (SSSR count). The van der Waals surface area contributed by atoms with Gasteiger partial charge in [-0.2, -0.15) is 0 Å². The summed E-state index contributed by atoms with van der Waals surface area (Å²) in [4.78, 5) is 24.5. The van der Waals surface area contributed by atoms with Crippen molar-refractivity contribution in [1.29, 1.82) is 0 Å². The summed E-state index contributed by atoms with van der Waals surface area (Å²) in [6.07, 6.45) is 0. The average molecular weight is 370 g/mol. The Labute approximate surface area is 156 Å². The van der Waals surface area contributed by atoms with Crippen LogP contribution in [0.3, 0.4) is 0 Å². The number of carbonyl (C=O) groups excluding carboxylic acids is 1. The second kappa shape index (κ2) is 7.06. The fourth-order valence-electron chi connectivity index (χ4n) is 2.98. The summed E-state index contributed by atoms with van der Waals surface area (Å²) in [6, 6.07) is 8.38. The van der Waals surface area contributed by atoms with E-state index in [0.717, 1.165) is 16.6 Å². The zero-order valence-electron chi connectivity index (χ0n) is 15.9. The van der Waals surface area contributed by atoms with E-state index in [9.17, 15) is 9.59 Å². The van der Waals surface area contributed by atoms with Crippen LogP contribution in [0.15, 0.2) is 35.1 Å². The number of methoxy groups -OCH3 is 2. The summed E-state index contributed by atoms with van der Waals surface area (Å²) in [5, 5.41) is 5.59. The van der Waals surface area contributed by atoms with Crippen LogP contribution < -0.4 is 25.8 Å². The first-order valence-corrected chi connectivity index (χ1v) is 8.31. The maximum atomic E-state index is 12.4. The summed E-state index contributed by atoms with van der Waals surface area (Å²) in [6.45, 7) is 1.88. The van der Waals surface area contributed by atoms with Gasteiger partial charge in [0.05, 0.1) is 25.3 Å². The van der Waals surface area contributed by atoms with Gasteiger partial charge in [0.2, 0.25) is 0 Å². The molecule has 8 heteroatoms. The molecular formula is C19H22N4O4. The van der Waals surface area contributed by atoms with Crippen LogP contribution in [-0.2, 0) is 14.1 Å². The Morgan fingerprint density at radius 1 is 0.926 bits per heavy atom. The molecule has 0 aliphatic carbocycles. The fraction of sp³-hybridized carbons (Fsp3) is 0.263. The summed E-state index contributed by atoms with van der Waals surface area (Å²) >= 11 is 0. The van der Waals surface area contributed by atoms with E-state index in [1.807, 2.05) is 13.0 Å². The van der Waals surface area contributed by atoms with Gasteiger partial charge in [0.1, 0.15) is 0 Å². The largest absolute Gasteiger partial charge is 0.493 e. The van der Waals surface area contributed by atoms with Crippen LogP contribution in [0.25, 0.3) is 11.0 Å². The molecule has 1 heterocycles. The van der Waals surface area contributed by atoms with Crippen LogP contribution in [0.1, 0.15) is 5.56 Å². The van der Waals surface area contributed by atoms with Gasteiger partial charge in [-0.05, 0) is 36.8 Å². The number of amides is 2. The topological polar surface area (TPSA) is 86.5 Å². The minimum atomic E-state index is -0.398. The number of nitrogens with one attached hydrogen (secondary N) is 2. The molecule has 2 N–H and O–H groups in total. The Morgan fingerprint density at radius 2 is 1.56 bits per heavy atom. The fourth-order valence-corrected chi connectivity index (χ4v) is 2.98. The highest BCUT2D eigenvalue weighted by Crippen LogP contribution is 2.30. The van der Waals surface area contributed by atoms with Gasteiger partial charge in [0.25, 0.3) is 0 Å². The van der Waals surface area contributed by atoms with Crippen molar-refractivity contribution in [3.8, 4) is 11.5 Å². The highest BCUT2D eigenvalue weighted by molar-refractivity contribution is 6.01. The van der Waals surface area contributed by atoms with Crippen molar-refractivity contribution in [2.75, 3.05) is 24.9 Å². The lowest BCUT2D eigenvalue weighted by molar-refractivity contribution is 0.262. The van der Waals surface area contributed by atoms with Crippen molar-refractivity contribution in [1.82, 2.24) is 9.13 Å². The van der Waals surface area contributed by atoms with Gasteiger partial charge in [0.15, 0.2) is 11.5 Å². The molecule has 142 valence electrons. The van der Waals surface area contributed by atoms with Gasteiger partial charge in [-0.25, -0.2) is 9.59 Å². The minimum absolute atomic E-state index is 0.115. The molecule has 2 aromatic carbocycles. The number of carbonyl (C=O) groups is 1. The van der Waals surface area contributed by atoms with Crippen LogP contribution >= 0.6 is 0 Å². The molecule has 2 amide bonds. The van der Waals surface area contributed by atoms with Crippen LogP contribution in [0.5, 0.6) is 11.5 Å². The third kappa shape index (κ3) is 3.33. The standard InChI is InChI=1S/C19H22N4O4/c1-11-8-14-15(23(3)19(25)22(14)2)10-13(11)21-18(24)20-12-6-7-16(26-4)17(9-12)27-5/h6-10H,1-5H3,(H2,20,21,24). The Bertz CT molecular complexity index is 1080. The minimum Gasteiger partial charge on any atom is -0.493 e. The molecule has 8 nitrogen and oxygen atoms in total. The monoisotopic (exact) mass is 370 g/mol. The number of urea groups is 1. The van der Waals surface area contributed by atoms with Crippen molar-refractivity contribution < 1.29 is 14.3 Å². The first-order valence-electron chi connectivity index (χ1n) is 8.31. The van der Waals surface area contributed by atoms with E-state index in [-0.39, 0.29) is 5.69 Å². The second-order valence-corrected chi connectivity index (χ2v) is 6.21. The third-order valence-corrected chi connectivity index (χ3v) is 4.51. The quantitative estimate of drug-likeness (QED) is 0.739. The molecule has 0 aliphatic heterocycles. The number of rotatable bonds is 4. The van der Waals surface area contributed by atoms with E-state index in [4.69, 9.17) is 9.47 Å². The molecule has 0 unspecified atom stereocenters. The van der Waals surface area contributed by atoms with E-state index in [1.54, 1.807) is 54.6 Å². The highest BCUT2D eigenvalue weighted by Gasteiger charge is 2.13. The lowest BCUT2D eigenvalue weighted by Gasteiger charge is -2.13. The number of nitrogens with zero attached hydrogens (tertiary/aromatic N) is 2. The van der Waals surface area contributed by atoms with Crippen molar-refractivity contribution in [2.24, 2.45) is 14.1 Å². The zero-order chi connectivity index (χ0) is 19.7. The summed E-state index contributed by atoms with van der Waals surface area (Å²) in [5.74, 6) is 1.10. The number of hydrogen-bond donors (Lipinski definition) is 2. The summed E-state index contributed by atoms with van der Waals surface area (Å²) in [7, 11) is 6.51. The van der Waals surface area contributed by atoms with E-state index in [1.165, 1.54) is 7.11 Å². The van der Waals surface area contributed by atoms with Crippen molar-refractivity contribution in [2.45, 2.75) is 6.92 Å². The van der Waals surface area contributed by atoms with Crippen molar-refractivity contribution in [3.05, 3.63) is 46.4 Å². The highest BCUT2D eigenvalue weighted by atomic mass is 16.5. The van der Waals surface area contributed by atoms with Gasteiger partial charge in [0, 0.05) is 31.5 Å². The summed E-state index contributed by atoms with van der Waals surface area (Å²) < 4.78 is 13.6. The van der Waals surface area contributed by atoms with Crippen molar-refractivity contribution in [3.63, 3.8) is 0 Å². The molecule has 3 aromatic rings. The molecule has 0 atom stereocenters. The SMILES string of the molecule is COc1ccc(NC(=O)Nc2cc3c(cc2C)n(C)c(=O)n3C)cc1OC. The lowest BCUT2D eigenvalue weighted by Crippen LogP contribution is -2.20. The number of ether oxygens (including phenoxy) is 2. The molecule has 27 heavy (non-hydrogen) atoms. The van der Waals surface area contributed by atoms with Crippen molar-refractivity contribution >= 4 is 28.4 Å². The van der Waals surface area contributed by atoms with E-state index >= 15 is 0 Å². The van der Waals surface area contributed by atoms with Gasteiger partial charge >= 0.3 is 11.7 Å². The number of hydrogen-bond acceptors (Lipinski definition) is 4. The van der Waals surface area contributed by atoms with Crippen LogP contribution in [0.4, 0.5) is 16.2 Å². The van der Waals surface area contributed by atoms with Crippen LogP contribution in [0, 0.1) is 6.92 Å². The Kier molecular flexibility index (Phi) is 4.81. The predicted octanol–water partition coefficient (Wildman–Crippen LogP) is 2.85. The van der Waals surface area contributed by atoms with Crippen LogP contribution in [0.2, 0.25) is 0 Å². The van der Waals surface area contributed by atoms with E-state index < -0.39 is 6.03 Å². The van der Waals surface area contributed by atoms with Gasteiger partial charge in [-0.15, -0.1) is 0 Å². The Balaban J connectivity index is 1.85. The zero-order valence-corrected chi connectivity index (χ0v) is 15.9. The maximum absolute atomic E-state index is 12.4. The average Bonchev–Trinajstić information content (AvgIpc) is 2.86. The van der Waals surface area contributed by atoms with E-state index in [0.29, 0.717) is 22.9 Å². The normalized spacial score (nSPS) is 10.7. The molecule has 0 spiro atoms. The molecular weight excluding hydrogens is 348 g/mol. The number of anilines is 2. The molecule has 0 saturated carbocycles. The maximum Gasteiger partial charge on any atom is 0.328 e. The number of benzene rings is 2. The van der Waals surface area contributed by atoms with Gasteiger partial charge in [-0.3, -0.25) is 9.13 Å². The molecule has 0 fully saturated rings. The second-order valence-electron chi connectivity index (χ2n) is 6.21. The third-order valence-electron chi connectivity index (χ3n) is 4.51. The Morgan fingerprint density at radius 3 is 2.19 bits per heavy atom. The molecule has 0 radical (unpaired) electrons.